The SMILES string of the molecule is NC(CC1=CC=CSC1)C(=O)O. The first-order valence-electron chi connectivity index (χ1n) is 3.64. The van der Waals surface area contributed by atoms with Gasteiger partial charge in [-0.15, -0.1) is 11.8 Å². The molecule has 1 rings (SSSR count). The van der Waals surface area contributed by atoms with Crippen LogP contribution in [0.2, 0.25) is 0 Å². The van der Waals surface area contributed by atoms with Crippen LogP contribution < -0.4 is 5.73 Å². The Kier molecular flexibility index (Phi) is 3.37. The normalized spacial score (nSPS) is 18.6. The largest absolute Gasteiger partial charge is 0.480 e. The van der Waals surface area contributed by atoms with Gasteiger partial charge in [0, 0.05) is 5.75 Å². The molecule has 0 amide bonds. The topological polar surface area (TPSA) is 63.3 Å². The molecule has 0 bridgehead atoms. The molecule has 66 valence electrons. The van der Waals surface area contributed by atoms with E-state index in [0.717, 1.165) is 11.3 Å². The van der Waals surface area contributed by atoms with Crippen LogP contribution in [0.15, 0.2) is 23.1 Å². The Morgan fingerprint density at radius 1 is 1.83 bits per heavy atom. The Bertz CT molecular complexity index is 235. The zero-order valence-electron chi connectivity index (χ0n) is 6.56. The van der Waals surface area contributed by atoms with Crippen molar-refractivity contribution in [1.82, 2.24) is 0 Å². The minimum absolute atomic E-state index is 0.451. The van der Waals surface area contributed by atoms with Crippen molar-refractivity contribution in [3.63, 3.8) is 0 Å². The second-order valence-corrected chi connectivity index (χ2v) is 3.51. The number of hydrogen-bond donors (Lipinski definition) is 2. The number of carbonyl (C=O) groups is 1. The molecule has 4 heteroatoms. The Morgan fingerprint density at radius 3 is 3.08 bits per heavy atom. The van der Waals surface area contributed by atoms with Gasteiger partial charge in [0.2, 0.25) is 0 Å². The highest BCUT2D eigenvalue weighted by atomic mass is 32.2. The van der Waals surface area contributed by atoms with Gasteiger partial charge in [-0.3, -0.25) is 4.79 Å². The van der Waals surface area contributed by atoms with E-state index >= 15 is 0 Å². The van der Waals surface area contributed by atoms with Gasteiger partial charge in [0.05, 0.1) is 0 Å². The van der Waals surface area contributed by atoms with Gasteiger partial charge in [0.1, 0.15) is 6.04 Å². The number of rotatable bonds is 3. The minimum atomic E-state index is -0.935. The second kappa shape index (κ2) is 4.33. The summed E-state index contributed by atoms with van der Waals surface area (Å²) in [7, 11) is 0. The smallest absolute Gasteiger partial charge is 0.320 e. The van der Waals surface area contributed by atoms with Crippen LogP contribution in [0.3, 0.4) is 0 Å². The van der Waals surface area contributed by atoms with Gasteiger partial charge in [-0.1, -0.05) is 17.7 Å². The predicted molar refractivity (Wildman–Crippen MR) is 49.9 cm³/mol. The van der Waals surface area contributed by atoms with Crippen molar-refractivity contribution < 1.29 is 9.90 Å². The zero-order valence-corrected chi connectivity index (χ0v) is 7.38. The number of carboxylic acid groups (broad SMARTS) is 1. The fraction of sp³-hybridized carbons (Fsp3) is 0.375. The fourth-order valence-electron chi connectivity index (χ4n) is 0.931. The third-order valence-electron chi connectivity index (χ3n) is 1.57. The van der Waals surface area contributed by atoms with Crippen LogP contribution in [0.4, 0.5) is 0 Å². The van der Waals surface area contributed by atoms with E-state index in [1.807, 2.05) is 17.6 Å². The average Bonchev–Trinajstić information content (AvgIpc) is 2.06. The van der Waals surface area contributed by atoms with Crippen LogP contribution >= 0.6 is 11.8 Å². The van der Waals surface area contributed by atoms with Crippen LogP contribution in [-0.4, -0.2) is 22.9 Å². The number of allylic oxidation sites excluding steroid dienone is 2. The summed E-state index contributed by atoms with van der Waals surface area (Å²) < 4.78 is 0. The summed E-state index contributed by atoms with van der Waals surface area (Å²) in [6, 6.07) is -0.761. The lowest BCUT2D eigenvalue weighted by Gasteiger charge is -2.10. The Hall–Kier alpha value is -0.740. The first-order valence-corrected chi connectivity index (χ1v) is 4.69. The van der Waals surface area contributed by atoms with Crippen LogP contribution in [0, 0.1) is 0 Å². The quantitative estimate of drug-likeness (QED) is 0.688. The van der Waals surface area contributed by atoms with E-state index in [1.165, 1.54) is 0 Å². The maximum absolute atomic E-state index is 10.4. The highest BCUT2D eigenvalue weighted by Crippen LogP contribution is 2.18. The van der Waals surface area contributed by atoms with Gasteiger partial charge < -0.3 is 10.8 Å². The van der Waals surface area contributed by atoms with Crippen molar-refractivity contribution in [2.45, 2.75) is 12.5 Å². The maximum Gasteiger partial charge on any atom is 0.320 e. The number of carboxylic acids is 1. The lowest BCUT2D eigenvalue weighted by atomic mass is 10.1. The Labute approximate surface area is 75.3 Å². The van der Waals surface area contributed by atoms with Crippen LogP contribution in [0.5, 0.6) is 0 Å². The lowest BCUT2D eigenvalue weighted by Crippen LogP contribution is -2.30. The van der Waals surface area contributed by atoms with E-state index in [2.05, 4.69) is 0 Å². The molecule has 0 aromatic heterocycles. The van der Waals surface area contributed by atoms with Crippen molar-refractivity contribution in [1.29, 1.82) is 0 Å². The molecule has 0 radical (unpaired) electrons. The Balaban J connectivity index is 2.45. The molecule has 1 atom stereocenters. The molecule has 0 aromatic carbocycles. The van der Waals surface area contributed by atoms with Crippen LogP contribution in [0.25, 0.3) is 0 Å². The molecule has 1 aliphatic rings. The third-order valence-corrected chi connectivity index (χ3v) is 2.46. The molecule has 3 nitrogen and oxygen atoms in total. The van der Waals surface area contributed by atoms with E-state index < -0.39 is 12.0 Å². The van der Waals surface area contributed by atoms with Crippen molar-refractivity contribution in [2.75, 3.05) is 5.75 Å². The van der Waals surface area contributed by atoms with E-state index in [1.54, 1.807) is 11.8 Å². The van der Waals surface area contributed by atoms with E-state index in [4.69, 9.17) is 10.8 Å². The zero-order chi connectivity index (χ0) is 8.97. The van der Waals surface area contributed by atoms with Crippen molar-refractivity contribution in [3.05, 3.63) is 23.1 Å². The number of hydrogen-bond acceptors (Lipinski definition) is 3. The predicted octanol–water partition coefficient (Wildman–Crippen LogP) is 0.975. The summed E-state index contributed by atoms with van der Waals surface area (Å²) in [6.45, 7) is 0. The molecular formula is C8H11NO2S. The first kappa shape index (κ1) is 9.35. The average molecular weight is 185 g/mol. The van der Waals surface area contributed by atoms with Crippen molar-refractivity contribution >= 4 is 17.7 Å². The number of aliphatic carboxylic acids is 1. The van der Waals surface area contributed by atoms with Crippen LogP contribution in [-0.2, 0) is 4.79 Å². The summed E-state index contributed by atoms with van der Waals surface area (Å²) in [5.74, 6) is -0.0762. The molecule has 0 aliphatic carbocycles. The van der Waals surface area contributed by atoms with Gasteiger partial charge in [0.25, 0.3) is 0 Å². The molecule has 0 aromatic rings. The Morgan fingerprint density at radius 2 is 2.58 bits per heavy atom. The van der Waals surface area contributed by atoms with E-state index in [9.17, 15) is 4.79 Å². The van der Waals surface area contributed by atoms with Gasteiger partial charge in [-0.05, 0) is 11.8 Å². The fourth-order valence-corrected chi connectivity index (χ4v) is 1.64. The second-order valence-electron chi connectivity index (χ2n) is 2.61. The maximum atomic E-state index is 10.4. The molecule has 0 spiro atoms. The number of nitrogens with two attached hydrogens (primary N) is 1. The highest BCUT2D eigenvalue weighted by Gasteiger charge is 2.13. The first-order chi connectivity index (χ1) is 5.70. The molecule has 3 N–H and O–H groups in total. The van der Waals surface area contributed by atoms with Crippen LogP contribution in [0.1, 0.15) is 6.42 Å². The molecule has 12 heavy (non-hydrogen) atoms. The third kappa shape index (κ3) is 2.71. The van der Waals surface area contributed by atoms with E-state index in [0.29, 0.717) is 6.42 Å². The summed E-state index contributed by atoms with van der Waals surface area (Å²) in [5, 5.41) is 10.5. The van der Waals surface area contributed by atoms with Crippen molar-refractivity contribution in [2.24, 2.45) is 5.73 Å². The molecule has 0 saturated heterocycles. The molecule has 0 fully saturated rings. The molecule has 1 unspecified atom stereocenters. The van der Waals surface area contributed by atoms with Gasteiger partial charge in [0.15, 0.2) is 0 Å². The molecule has 0 saturated carbocycles. The summed E-state index contributed by atoms with van der Waals surface area (Å²) in [6.07, 6.45) is 4.30. The monoisotopic (exact) mass is 185 g/mol. The molecule has 1 aliphatic heterocycles. The standard InChI is InChI=1S/C8H11NO2S/c9-7(8(10)11)4-6-2-1-3-12-5-6/h1-3,7H,4-5,9H2,(H,10,11). The lowest BCUT2D eigenvalue weighted by molar-refractivity contribution is -0.138. The summed E-state index contributed by atoms with van der Waals surface area (Å²) >= 11 is 1.66. The van der Waals surface area contributed by atoms with Gasteiger partial charge in [-0.25, -0.2) is 0 Å². The summed E-state index contributed by atoms with van der Waals surface area (Å²) in [5.41, 5.74) is 6.47. The molecular weight excluding hydrogens is 174 g/mol. The molecule has 1 heterocycles. The highest BCUT2D eigenvalue weighted by molar-refractivity contribution is 8.02. The summed E-state index contributed by atoms with van der Waals surface area (Å²) in [4.78, 5) is 10.4. The number of thioether (sulfide) groups is 1. The van der Waals surface area contributed by atoms with Gasteiger partial charge in [-0.2, -0.15) is 0 Å². The van der Waals surface area contributed by atoms with Crippen molar-refractivity contribution in [3.8, 4) is 0 Å². The van der Waals surface area contributed by atoms with Gasteiger partial charge >= 0.3 is 5.97 Å². The van der Waals surface area contributed by atoms with E-state index in [-0.39, 0.29) is 0 Å². The minimum Gasteiger partial charge on any atom is -0.480 e.